The minimum atomic E-state index is 0.0917. The van der Waals surface area contributed by atoms with Gasteiger partial charge in [-0.2, -0.15) is 0 Å². The molecule has 1 aliphatic heterocycles. The molecule has 0 saturated carbocycles. The first kappa shape index (κ1) is 12.4. The highest BCUT2D eigenvalue weighted by Crippen LogP contribution is 2.38. The van der Waals surface area contributed by atoms with Crippen molar-refractivity contribution in [2.24, 2.45) is 0 Å². The minimum Gasteiger partial charge on any atom is -0.340 e. The molecule has 0 amide bonds. The van der Waals surface area contributed by atoms with E-state index in [4.69, 9.17) is 0 Å². The van der Waals surface area contributed by atoms with Crippen molar-refractivity contribution in [3.05, 3.63) is 58.1 Å². The van der Waals surface area contributed by atoms with Crippen molar-refractivity contribution < 1.29 is 4.79 Å². The summed E-state index contributed by atoms with van der Waals surface area (Å²) >= 11 is 3.58. The van der Waals surface area contributed by atoms with Gasteiger partial charge in [0.2, 0.25) is 0 Å². The van der Waals surface area contributed by atoms with E-state index in [1.807, 2.05) is 18.2 Å². The largest absolute Gasteiger partial charge is 0.340 e. The zero-order valence-corrected chi connectivity index (χ0v) is 12.3. The van der Waals surface area contributed by atoms with Crippen LogP contribution in [0.3, 0.4) is 0 Å². The Kier molecular flexibility index (Phi) is 3.15. The maximum absolute atomic E-state index is 11.4. The molecule has 1 aliphatic rings. The van der Waals surface area contributed by atoms with Gasteiger partial charge in [-0.25, -0.2) is 0 Å². The highest BCUT2D eigenvalue weighted by molar-refractivity contribution is 9.10. The quantitative estimate of drug-likeness (QED) is 0.768. The molecule has 0 N–H and O–H groups in total. The van der Waals surface area contributed by atoms with Gasteiger partial charge in [0.1, 0.15) is 0 Å². The van der Waals surface area contributed by atoms with Crippen LogP contribution in [0.4, 0.5) is 11.4 Å². The molecule has 0 spiro atoms. The zero-order valence-electron chi connectivity index (χ0n) is 10.7. The van der Waals surface area contributed by atoms with E-state index in [9.17, 15) is 4.79 Å². The number of benzene rings is 2. The van der Waals surface area contributed by atoms with Crippen LogP contribution >= 0.6 is 15.9 Å². The lowest BCUT2D eigenvalue weighted by atomic mass is 10.1. The summed E-state index contributed by atoms with van der Waals surface area (Å²) in [6.07, 6.45) is 1.07. The Balaban J connectivity index is 2.03. The average molecular weight is 316 g/mol. The van der Waals surface area contributed by atoms with Gasteiger partial charge in [0.05, 0.1) is 5.69 Å². The molecular weight excluding hydrogens is 302 g/mol. The van der Waals surface area contributed by atoms with E-state index in [0.29, 0.717) is 0 Å². The third-order valence-corrected chi connectivity index (χ3v) is 4.17. The number of ketones is 1. The second-order valence-electron chi connectivity index (χ2n) is 4.75. The monoisotopic (exact) mass is 315 g/mol. The van der Waals surface area contributed by atoms with Crippen molar-refractivity contribution >= 4 is 33.1 Å². The van der Waals surface area contributed by atoms with Gasteiger partial charge >= 0.3 is 0 Å². The maximum atomic E-state index is 11.4. The summed E-state index contributed by atoms with van der Waals surface area (Å²) in [6, 6.07) is 14.3. The van der Waals surface area contributed by atoms with E-state index in [-0.39, 0.29) is 5.78 Å². The van der Waals surface area contributed by atoms with Crippen molar-refractivity contribution in [1.29, 1.82) is 0 Å². The standard InChI is InChI=1S/C16H14BrNO/c1-11(19)13-6-7-16(14(17)10-13)18-9-8-12-4-2-3-5-15(12)18/h2-7,10H,8-9H2,1H3. The van der Waals surface area contributed by atoms with Crippen LogP contribution < -0.4 is 4.90 Å². The lowest BCUT2D eigenvalue weighted by Crippen LogP contribution is -2.14. The molecule has 2 nitrogen and oxygen atoms in total. The first-order chi connectivity index (χ1) is 9.16. The van der Waals surface area contributed by atoms with Gasteiger partial charge in [-0.15, -0.1) is 0 Å². The second-order valence-corrected chi connectivity index (χ2v) is 5.61. The predicted octanol–water partition coefficient (Wildman–Crippen LogP) is 4.35. The summed E-state index contributed by atoms with van der Waals surface area (Å²) in [4.78, 5) is 13.7. The molecule has 0 bridgehead atoms. The normalized spacial score (nSPS) is 13.5. The van der Waals surface area contributed by atoms with E-state index in [2.05, 4.69) is 45.1 Å². The molecular formula is C16H14BrNO. The van der Waals surface area contributed by atoms with Crippen LogP contribution in [0.2, 0.25) is 0 Å². The summed E-state index contributed by atoms with van der Waals surface area (Å²) in [6.45, 7) is 2.57. The first-order valence-electron chi connectivity index (χ1n) is 6.33. The number of nitrogens with zero attached hydrogens (tertiary/aromatic N) is 1. The molecule has 0 atom stereocenters. The number of hydrogen-bond donors (Lipinski definition) is 0. The number of para-hydroxylation sites is 1. The van der Waals surface area contributed by atoms with Gasteiger partial charge in [-0.3, -0.25) is 4.79 Å². The number of halogens is 1. The van der Waals surface area contributed by atoms with Gasteiger partial charge in [-0.05, 0) is 59.1 Å². The van der Waals surface area contributed by atoms with Gasteiger partial charge in [0.25, 0.3) is 0 Å². The molecule has 0 radical (unpaired) electrons. The van der Waals surface area contributed by atoms with Crippen molar-refractivity contribution in [2.75, 3.05) is 11.4 Å². The molecule has 0 saturated heterocycles. The van der Waals surface area contributed by atoms with Crippen LogP contribution in [0, 0.1) is 0 Å². The summed E-state index contributed by atoms with van der Waals surface area (Å²) in [7, 11) is 0. The van der Waals surface area contributed by atoms with Crippen LogP contribution in [-0.2, 0) is 6.42 Å². The Morgan fingerprint density at radius 3 is 2.68 bits per heavy atom. The number of Topliss-reactive ketones (excluding diaryl/α,β-unsaturated/α-hetero) is 1. The van der Waals surface area contributed by atoms with E-state index in [1.54, 1.807) is 6.92 Å². The Hall–Kier alpha value is -1.61. The van der Waals surface area contributed by atoms with Gasteiger partial charge in [0.15, 0.2) is 5.78 Å². The molecule has 0 unspecified atom stereocenters. The van der Waals surface area contributed by atoms with Crippen LogP contribution in [0.15, 0.2) is 46.9 Å². The highest BCUT2D eigenvalue weighted by Gasteiger charge is 2.21. The molecule has 19 heavy (non-hydrogen) atoms. The number of carbonyl (C=O) groups excluding carboxylic acids is 1. The summed E-state index contributed by atoms with van der Waals surface area (Å²) in [5, 5.41) is 0. The van der Waals surface area contributed by atoms with E-state index >= 15 is 0 Å². The number of anilines is 2. The van der Waals surface area contributed by atoms with E-state index in [1.165, 1.54) is 11.3 Å². The molecule has 0 aliphatic carbocycles. The smallest absolute Gasteiger partial charge is 0.159 e. The maximum Gasteiger partial charge on any atom is 0.159 e. The molecule has 2 aromatic rings. The highest BCUT2D eigenvalue weighted by atomic mass is 79.9. The Bertz CT molecular complexity index is 651. The molecule has 1 heterocycles. The first-order valence-corrected chi connectivity index (χ1v) is 7.12. The lowest BCUT2D eigenvalue weighted by Gasteiger charge is -2.21. The van der Waals surface area contributed by atoms with Crippen molar-refractivity contribution in [3.63, 3.8) is 0 Å². The van der Waals surface area contributed by atoms with Gasteiger partial charge in [0, 0.05) is 22.3 Å². The predicted molar refractivity (Wildman–Crippen MR) is 81.3 cm³/mol. The minimum absolute atomic E-state index is 0.0917. The number of rotatable bonds is 2. The van der Waals surface area contributed by atoms with E-state index < -0.39 is 0 Å². The summed E-state index contributed by atoms with van der Waals surface area (Å²) < 4.78 is 0.969. The molecule has 3 heteroatoms. The molecule has 96 valence electrons. The van der Waals surface area contributed by atoms with Gasteiger partial charge in [-0.1, -0.05) is 18.2 Å². The SMILES string of the molecule is CC(=O)c1ccc(N2CCc3ccccc32)c(Br)c1. The van der Waals surface area contributed by atoms with Crippen LogP contribution in [0.1, 0.15) is 22.8 Å². The topological polar surface area (TPSA) is 20.3 Å². The number of hydrogen-bond acceptors (Lipinski definition) is 2. The Morgan fingerprint density at radius 2 is 1.95 bits per heavy atom. The fraction of sp³-hybridized carbons (Fsp3) is 0.188. The molecule has 0 aromatic heterocycles. The second kappa shape index (κ2) is 4.82. The number of fused-ring (bicyclic) bond motifs is 1. The summed E-state index contributed by atoms with van der Waals surface area (Å²) in [5.41, 5.74) is 4.50. The van der Waals surface area contributed by atoms with Crippen LogP contribution in [-0.4, -0.2) is 12.3 Å². The fourth-order valence-corrected chi connectivity index (χ4v) is 3.13. The third kappa shape index (κ3) is 2.19. The van der Waals surface area contributed by atoms with Crippen molar-refractivity contribution in [1.82, 2.24) is 0 Å². The Morgan fingerprint density at radius 1 is 1.16 bits per heavy atom. The zero-order chi connectivity index (χ0) is 13.4. The third-order valence-electron chi connectivity index (χ3n) is 3.53. The Labute approximate surface area is 121 Å². The average Bonchev–Trinajstić information content (AvgIpc) is 2.82. The van der Waals surface area contributed by atoms with Crippen molar-refractivity contribution in [2.45, 2.75) is 13.3 Å². The molecule has 3 rings (SSSR count). The lowest BCUT2D eigenvalue weighted by molar-refractivity contribution is 0.101. The van der Waals surface area contributed by atoms with Gasteiger partial charge < -0.3 is 4.90 Å². The van der Waals surface area contributed by atoms with Crippen LogP contribution in [0.25, 0.3) is 0 Å². The van der Waals surface area contributed by atoms with Crippen molar-refractivity contribution in [3.8, 4) is 0 Å². The van der Waals surface area contributed by atoms with Crippen LogP contribution in [0.5, 0.6) is 0 Å². The molecule has 2 aromatic carbocycles. The molecule has 0 fully saturated rings. The van der Waals surface area contributed by atoms with E-state index in [0.717, 1.165) is 28.7 Å². The number of carbonyl (C=O) groups is 1. The fourth-order valence-electron chi connectivity index (χ4n) is 2.53. The summed E-state index contributed by atoms with van der Waals surface area (Å²) in [5.74, 6) is 0.0917.